The average Bonchev–Trinajstić information content (AvgIpc) is 2.74. The van der Waals surface area contributed by atoms with Crippen molar-refractivity contribution in [3.63, 3.8) is 0 Å². The van der Waals surface area contributed by atoms with Crippen molar-refractivity contribution >= 4 is 11.7 Å². The molecular weight excluding hydrogens is 350 g/mol. The fraction of sp³-hybridized carbons (Fsp3) is 0.409. The normalized spacial score (nSPS) is 14.4. The Kier molecular flexibility index (Phi) is 6.62. The Bertz CT molecular complexity index is 805. The summed E-state index contributed by atoms with van der Waals surface area (Å²) in [6.07, 6.45) is 1.80. The van der Waals surface area contributed by atoms with E-state index in [4.69, 9.17) is 5.26 Å². The molecule has 1 fully saturated rings. The fourth-order valence-electron chi connectivity index (χ4n) is 3.34. The van der Waals surface area contributed by atoms with Gasteiger partial charge in [-0.3, -0.25) is 9.69 Å². The van der Waals surface area contributed by atoms with Gasteiger partial charge in [0.15, 0.2) is 0 Å². The van der Waals surface area contributed by atoms with Crippen LogP contribution >= 0.6 is 0 Å². The summed E-state index contributed by atoms with van der Waals surface area (Å²) in [4.78, 5) is 23.6. The zero-order valence-electron chi connectivity index (χ0n) is 16.6. The number of hydrogen-bond donors (Lipinski definition) is 0. The number of nitrogens with zero attached hydrogens (tertiary/aromatic N) is 5. The van der Waals surface area contributed by atoms with E-state index in [1.807, 2.05) is 47.4 Å². The minimum atomic E-state index is 0.169. The molecule has 0 N–H and O–H groups in total. The predicted octanol–water partition coefficient (Wildman–Crippen LogP) is 2.51. The van der Waals surface area contributed by atoms with E-state index in [9.17, 15) is 4.79 Å². The predicted molar refractivity (Wildman–Crippen MR) is 110 cm³/mol. The number of piperazine rings is 1. The molecular formula is C22H27N5O. The van der Waals surface area contributed by atoms with Gasteiger partial charge in [0.05, 0.1) is 18.2 Å². The van der Waals surface area contributed by atoms with Crippen LogP contribution in [0.25, 0.3) is 0 Å². The third-order valence-corrected chi connectivity index (χ3v) is 5.14. The molecule has 0 radical (unpaired) electrons. The van der Waals surface area contributed by atoms with Gasteiger partial charge in [0.1, 0.15) is 5.82 Å². The number of nitriles is 1. The van der Waals surface area contributed by atoms with Crippen molar-refractivity contribution in [2.45, 2.75) is 26.4 Å². The molecule has 1 amide bonds. The summed E-state index contributed by atoms with van der Waals surface area (Å²) in [5, 5.41) is 8.94. The molecule has 0 atom stereocenters. The molecule has 0 spiro atoms. The van der Waals surface area contributed by atoms with Gasteiger partial charge >= 0.3 is 0 Å². The minimum Gasteiger partial charge on any atom is -0.353 e. The first-order chi connectivity index (χ1) is 13.6. The molecule has 1 aliphatic heterocycles. The summed E-state index contributed by atoms with van der Waals surface area (Å²) < 4.78 is 0. The number of amides is 1. The van der Waals surface area contributed by atoms with Crippen molar-refractivity contribution in [2.75, 3.05) is 37.6 Å². The number of hydrogen-bond acceptors (Lipinski definition) is 5. The third kappa shape index (κ3) is 5.08. The van der Waals surface area contributed by atoms with Gasteiger partial charge in [-0.25, -0.2) is 4.98 Å². The van der Waals surface area contributed by atoms with Crippen LogP contribution in [0.15, 0.2) is 48.7 Å². The molecule has 1 aromatic carbocycles. The van der Waals surface area contributed by atoms with Crippen LogP contribution < -0.4 is 4.90 Å². The molecule has 1 aromatic heterocycles. The molecule has 1 saturated heterocycles. The van der Waals surface area contributed by atoms with E-state index in [1.54, 1.807) is 6.20 Å². The molecule has 146 valence electrons. The van der Waals surface area contributed by atoms with Crippen molar-refractivity contribution in [1.29, 1.82) is 5.26 Å². The number of anilines is 1. The fourth-order valence-corrected chi connectivity index (χ4v) is 3.34. The lowest BCUT2D eigenvalue weighted by Crippen LogP contribution is -2.52. The summed E-state index contributed by atoms with van der Waals surface area (Å²) >= 11 is 0. The summed E-state index contributed by atoms with van der Waals surface area (Å²) in [7, 11) is 0. The quantitative estimate of drug-likeness (QED) is 0.774. The molecule has 28 heavy (non-hydrogen) atoms. The third-order valence-electron chi connectivity index (χ3n) is 5.14. The van der Waals surface area contributed by atoms with Crippen LogP contribution in [-0.4, -0.2) is 59.5 Å². The Morgan fingerprint density at radius 1 is 1.14 bits per heavy atom. The maximum Gasteiger partial charge on any atom is 0.236 e. The average molecular weight is 377 g/mol. The molecule has 2 heterocycles. The first-order valence-electron chi connectivity index (χ1n) is 9.73. The van der Waals surface area contributed by atoms with E-state index < -0.39 is 0 Å². The van der Waals surface area contributed by atoms with Gasteiger partial charge in [-0.05, 0) is 43.7 Å². The second kappa shape index (κ2) is 9.34. The van der Waals surface area contributed by atoms with E-state index in [2.05, 4.69) is 34.7 Å². The smallest absolute Gasteiger partial charge is 0.236 e. The number of benzene rings is 1. The van der Waals surface area contributed by atoms with E-state index >= 15 is 0 Å². The zero-order valence-corrected chi connectivity index (χ0v) is 16.6. The molecule has 0 saturated carbocycles. The van der Waals surface area contributed by atoms with Crippen LogP contribution in [0, 0.1) is 11.3 Å². The molecule has 3 rings (SSSR count). The van der Waals surface area contributed by atoms with Crippen LogP contribution in [0.4, 0.5) is 5.82 Å². The highest BCUT2D eigenvalue weighted by Crippen LogP contribution is 2.14. The Hall–Kier alpha value is -2.91. The standard InChI is InChI=1S/C22H27N5O/c1-18(2)27(16-20-8-6-19(15-23)7-9-20)17-22(28)26-13-11-25(12-14-26)21-5-3-4-10-24-21/h3-10,18H,11-14,16-17H2,1-2H3. The van der Waals surface area contributed by atoms with Gasteiger partial charge in [0.25, 0.3) is 0 Å². The first-order valence-corrected chi connectivity index (χ1v) is 9.73. The van der Waals surface area contributed by atoms with Crippen LogP contribution in [0.3, 0.4) is 0 Å². The van der Waals surface area contributed by atoms with Gasteiger partial charge < -0.3 is 9.80 Å². The summed E-state index contributed by atoms with van der Waals surface area (Å²) in [5.41, 5.74) is 1.77. The number of carbonyl (C=O) groups is 1. The highest BCUT2D eigenvalue weighted by atomic mass is 16.2. The molecule has 0 bridgehead atoms. The largest absolute Gasteiger partial charge is 0.353 e. The van der Waals surface area contributed by atoms with E-state index in [1.165, 1.54) is 0 Å². The lowest BCUT2D eigenvalue weighted by molar-refractivity contribution is -0.133. The van der Waals surface area contributed by atoms with Gasteiger partial charge in [-0.15, -0.1) is 0 Å². The van der Waals surface area contributed by atoms with E-state index in [0.29, 0.717) is 18.7 Å². The summed E-state index contributed by atoms with van der Waals surface area (Å²) in [6, 6.07) is 15.9. The van der Waals surface area contributed by atoms with Crippen molar-refractivity contribution < 1.29 is 4.79 Å². The minimum absolute atomic E-state index is 0.169. The molecule has 6 heteroatoms. The Morgan fingerprint density at radius 3 is 2.43 bits per heavy atom. The summed E-state index contributed by atoms with van der Waals surface area (Å²) in [5.74, 6) is 1.14. The van der Waals surface area contributed by atoms with Gasteiger partial charge in [-0.2, -0.15) is 5.26 Å². The Balaban J connectivity index is 1.55. The number of rotatable bonds is 6. The Morgan fingerprint density at radius 2 is 1.86 bits per heavy atom. The molecule has 0 unspecified atom stereocenters. The number of carbonyl (C=O) groups excluding carboxylic acids is 1. The van der Waals surface area contributed by atoms with Crippen molar-refractivity contribution in [1.82, 2.24) is 14.8 Å². The van der Waals surface area contributed by atoms with Gasteiger partial charge in [0, 0.05) is 45.0 Å². The molecule has 6 nitrogen and oxygen atoms in total. The second-order valence-corrected chi connectivity index (χ2v) is 7.36. The van der Waals surface area contributed by atoms with E-state index in [0.717, 1.165) is 37.6 Å². The monoisotopic (exact) mass is 377 g/mol. The van der Waals surface area contributed by atoms with Crippen LogP contribution in [0.5, 0.6) is 0 Å². The van der Waals surface area contributed by atoms with Crippen molar-refractivity contribution in [3.05, 3.63) is 59.8 Å². The highest BCUT2D eigenvalue weighted by molar-refractivity contribution is 5.78. The first kappa shape index (κ1) is 19.8. The van der Waals surface area contributed by atoms with Crippen molar-refractivity contribution in [3.8, 4) is 6.07 Å². The zero-order chi connectivity index (χ0) is 19.9. The Labute approximate surface area is 167 Å². The second-order valence-electron chi connectivity index (χ2n) is 7.36. The van der Waals surface area contributed by atoms with Gasteiger partial charge in [0.2, 0.25) is 5.91 Å². The topological polar surface area (TPSA) is 63.5 Å². The number of pyridine rings is 1. The lowest BCUT2D eigenvalue weighted by atomic mass is 10.1. The SMILES string of the molecule is CC(C)N(CC(=O)N1CCN(c2ccccn2)CC1)Cc1ccc(C#N)cc1. The molecule has 1 aliphatic rings. The van der Waals surface area contributed by atoms with Gasteiger partial charge in [-0.1, -0.05) is 18.2 Å². The van der Waals surface area contributed by atoms with Crippen molar-refractivity contribution in [2.24, 2.45) is 0 Å². The lowest BCUT2D eigenvalue weighted by Gasteiger charge is -2.37. The van der Waals surface area contributed by atoms with Crippen LogP contribution in [0.1, 0.15) is 25.0 Å². The van der Waals surface area contributed by atoms with Crippen LogP contribution in [0.2, 0.25) is 0 Å². The maximum absolute atomic E-state index is 12.9. The molecule has 2 aromatic rings. The maximum atomic E-state index is 12.9. The van der Waals surface area contributed by atoms with Crippen LogP contribution in [-0.2, 0) is 11.3 Å². The van der Waals surface area contributed by atoms with E-state index in [-0.39, 0.29) is 11.9 Å². The number of aromatic nitrogens is 1. The molecule has 0 aliphatic carbocycles. The highest BCUT2D eigenvalue weighted by Gasteiger charge is 2.24. The summed E-state index contributed by atoms with van der Waals surface area (Å²) in [6.45, 7) is 8.37.